The third kappa shape index (κ3) is 5.76. The Hall–Kier alpha value is -2.04. The van der Waals surface area contributed by atoms with Gasteiger partial charge in [-0.25, -0.2) is 4.79 Å². The fraction of sp³-hybridized carbons (Fsp3) is 0.600. The first-order chi connectivity index (χ1) is 11.9. The van der Waals surface area contributed by atoms with E-state index >= 15 is 0 Å². The highest BCUT2D eigenvalue weighted by molar-refractivity contribution is 5.83. The van der Waals surface area contributed by atoms with Gasteiger partial charge in [-0.1, -0.05) is 37.5 Å². The fourth-order valence-corrected chi connectivity index (χ4v) is 3.21. The van der Waals surface area contributed by atoms with E-state index in [9.17, 15) is 9.59 Å². The molecule has 0 bridgehead atoms. The lowest BCUT2D eigenvalue weighted by Gasteiger charge is -2.30. The summed E-state index contributed by atoms with van der Waals surface area (Å²) in [7, 11) is 0. The average molecular weight is 347 g/mol. The largest absolute Gasteiger partial charge is 0.482 e. The Labute approximate surface area is 150 Å². The van der Waals surface area contributed by atoms with E-state index in [-0.39, 0.29) is 18.6 Å². The molecule has 1 fully saturated rings. The molecule has 2 rings (SSSR count). The van der Waals surface area contributed by atoms with Crippen LogP contribution in [-0.4, -0.2) is 30.6 Å². The molecule has 5 heteroatoms. The van der Waals surface area contributed by atoms with Gasteiger partial charge in [0.05, 0.1) is 0 Å². The van der Waals surface area contributed by atoms with Gasteiger partial charge in [-0.05, 0) is 51.2 Å². The summed E-state index contributed by atoms with van der Waals surface area (Å²) in [6.07, 6.45) is 3.65. The molecule has 0 aromatic heterocycles. The number of aryl methyl sites for hydroxylation is 2. The number of hydrogen-bond donors (Lipinski definition) is 1. The lowest BCUT2D eigenvalue weighted by Crippen LogP contribution is -2.46. The van der Waals surface area contributed by atoms with Crippen LogP contribution in [0.4, 0.5) is 0 Å². The number of esters is 1. The molecule has 1 amide bonds. The number of carbonyl (C=O) groups is 2. The Bertz CT molecular complexity index is 614. The second-order valence-electron chi connectivity index (χ2n) is 7.07. The van der Waals surface area contributed by atoms with Gasteiger partial charge in [-0.3, -0.25) is 4.79 Å². The fourth-order valence-electron chi connectivity index (χ4n) is 3.21. The first-order valence-corrected chi connectivity index (χ1v) is 9.06. The number of carbonyl (C=O) groups excluding carboxylic acids is 2. The van der Waals surface area contributed by atoms with Crippen molar-refractivity contribution in [2.24, 2.45) is 5.92 Å². The van der Waals surface area contributed by atoms with E-state index in [1.54, 1.807) is 6.92 Å². The van der Waals surface area contributed by atoms with Crippen LogP contribution in [-0.2, 0) is 14.3 Å². The third-order valence-electron chi connectivity index (χ3n) is 4.79. The number of rotatable bonds is 6. The van der Waals surface area contributed by atoms with Crippen LogP contribution in [0, 0.1) is 19.8 Å². The van der Waals surface area contributed by atoms with Crippen molar-refractivity contribution in [3.63, 3.8) is 0 Å². The number of amides is 1. The summed E-state index contributed by atoms with van der Waals surface area (Å²) in [6.45, 7) is 7.46. The van der Waals surface area contributed by atoms with Crippen LogP contribution in [0.3, 0.4) is 0 Å². The summed E-state index contributed by atoms with van der Waals surface area (Å²) in [5.41, 5.74) is 2.10. The number of hydrogen-bond acceptors (Lipinski definition) is 4. The van der Waals surface area contributed by atoms with Crippen molar-refractivity contribution in [1.29, 1.82) is 0 Å². The zero-order chi connectivity index (χ0) is 18.4. The average Bonchev–Trinajstić information content (AvgIpc) is 2.56. The molecule has 0 heterocycles. The molecular weight excluding hydrogens is 318 g/mol. The minimum Gasteiger partial charge on any atom is -0.482 e. The Morgan fingerprint density at radius 2 is 1.96 bits per heavy atom. The lowest BCUT2D eigenvalue weighted by molar-refractivity contribution is -0.157. The van der Waals surface area contributed by atoms with Crippen molar-refractivity contribution in [2.45, 2.75) is 65.5 Å². The molecule has 1 saturated carbocycles. The minimum absolute atomic E-state index is 0.175. The van der Waals surface area contributed by atoms with Crippen molar-refractivity contribution in [1.82, 2.24) is 5.32 Å². The van der Waals surface area contributed by atoms with Gasteiger partial charge in [0.25, 0.3) is 5.91 Å². The van der Waals surface area contributed by atoms with Crippen LogP contribution in [0.15, 0.2) is 18.2 Å². The van der Waals surface area contributed by atoms with Crippen molar-refractivity contribution < 1.29 is 19.1 Å². The maximum Gasteiger partial charge on any atom is 0.344 e. The van der Waals surface area contributed by atoms with Crippen molar-refractivity contribution >= 4 is 11.9 Å². The van der Waals surface area contributed by atoms with E-state index in [1.165, 1.54) is 6.42 Å². The number of nitrogens with one attached hydrogen (secondary N) is 1. The highest BCUT2D eigenvalue weighted by atomic mass is 16.6. The topological polar surface area (TPSA) is 64.6 Å². The van der Waals surface area contributed by atoms with E-state index < -0.39 is 12.1 Å². The van der Waals surface area contributed by atoms with Gasteiger partial charge >= 0.3 is 5.97 Å². The summed E-state index contributed by atoms with van der Waals surface area (Å²) in [4.78, 5) is 24.2. The Balaban J connectivity index is 1.77. The lowest BCUT2D eigenvalue weighted by atomic mass is 9.86. The van der Waals surface area contributed by atoms with E-state index in [1.807, 2.05) is 32.0 Å². The minimum atomic E-state index is -0.815. The predicted molar refractivity (Wildman–Crippen MR) is 96.5 cm³/mol. The summed E-state index contributed by atoms with van der Waals surface area (Å²) in [6, 6.07) is 5.92. The van der Waals surface area contributed by atoms with Crippen LogP contribution >= 0.6 is 0 Å². The second-order valence-corrected chi connectivity index (χ2v) is 7.07. The molecule has 0 radical (unpaired) electrons. The van der Waals surface area contributed by atoms with Crippen LogP contribution in [0.1, 0.15) is 50.7 Å². The van der Waals surface area contributed by atoms with E-state index in [0.29, 0.717) is 11.7 Å². The molecule has 3 atom stereocenters. The first kappa shape index (κ1) is 19.3. The number of benzene rings is 1. The molecule has 0 aliphatic heterocycles. The molecule has 0 unspecified atom stereocenters. The Morgan fingerprint density at radius 1 is 1.24 bits per heavy atom. The molecule has 5 nitrogen and oxygen atoms in total. The summed E-state index contributed by atoms with van der Waals surface area (Å²) >= 11 is 0. The van der Waals surface area contributed by atoms with Gasteiger partial charge in [-0.15, -0.1) is 0 Å². The normalized spacial score (nSPS) is 21.3. The molecule has 1 aliphatic carbocycles. The molecule has 0 spiro atoms. The highest BCUT2D eigenvalue weighted by Gasteiger charge is 2.26. The van der Waals surface area contributed by atoms with Gasteiger partial charge in [-0.2, -0.15) is 0 Å². The van der Waals surface area contributed by atoms with Crippen LogP contribution < -0.4 is 10.1 Å². The molecule has 1 N–H and O–H groups in total. The molecule has 1 aromatic carbocycles. The maximum absolute atomic E-state index is 12.2. The van der Waals surface area contributed by atoms with Gasteiger partial charge in [0.1, 0.15) is 5.75 Å². The van der Waals surface area contributed by atoms with Crippen LogP contribution in [0.2, 0.25) is 0 Å². The van der Waals surface area contributed by atoms with E-state index in [0.717, 1.165) is 30.4 Å². The molecule has 138 valence electrons. The van der Waals surface area contributed by atoms with Gasteiger partial charge in [0.15, 0.2) is 12.7 Å². The monoisotopic (exact) mass is 347 g/mol. The van der Waals surface area contributed by atoms with Crippen LogP contribution in [0.25, 0.3) is 0 Å². The van der Waals surface area contributed by atoms with Crippen molar-refractivity contribution in [3.05, 3.63) is 29.3 Å². The van der Waals surface area contributed by atoms with Gasteiger partial charge in [0.2, 0.25) is 0 Å². The predicted octanol–water partition coefficient (Wildman–Crippen LogP) is 3.31. The van der Waals surface area contributed by atoms with Crippen LogP contribution in [0.5, 0.6) is 5.75 Å². The standard InChI is InChI=1S/C20H29NO4/c1-13-9-10-18(15(3)11-13)24-12-19(22)25-16(4)20(23)21-17-8-6-5-7-14(17)2/h9-11,14,16-17H,5-8,12H2,1-4H3,(H,21,23)/t14-,16-,17-/m0/s1. The first-order valence-electron chi connectivity index (χ1n) is 9.06. The summed E-state index contributed by atoms with van der Waals surface area (Å²) < 4.78 is 10.7. The van der Waals surface area contributed by atoms with Crippen molar-refractivity contribution in [2.75, 3.05) is 6.61 Å². The van der Waals surface area contributed by atoms with Gasteiger partial charge in [0, 0.05) is 6.04 Å². The highest BCUT2D eigenvalue weighted by Crippen LogP contribution is 2.24. The maximum atomic E-state index is 12.2. The quantitative estimate of drug-likeness (QED) is 0.802. The summed E-state index contributed by atoms with van der Waals surface area (Å²) in [5, 5.41) is 3.01. The SMILES string of the molecule is Cc1ccc(OCC(=O)O[C@@H](C)C(=O)N[C@H]2CCCC[C@@H]2C)c(C)c1. The molecular formula is C20H29NO4. The van der Waals surface area contributed by atoms with E-state index in [4.69, 9.17) is 9.47 Å². The Kier molecular flexibility index (Phi) is 6.85. The zero-order valence-electron chi connectivity index (χ0n) is 15.6. The molecule has 1 aliphatic rings. The zero-order valence-corrected chi connectivity index (χ0v) is 15.6. The summed E-state index contributed by atoms with van der Waals surface area (Å²) in [5.74, 6) is 0.335. The molecule has 0 saturated heterocycles. The van der Waals surface area contributed by atoms with Gasteiger partial charge < -0.3 is 14.8 Å². The third-order valence-corrected chi connectivity index (χ3v) is 4.79. The second kappa shape index (κ2) is 8.88. The smallest absolute Gasteiger partial charge is 0.344 e. The molecule has 1 aromatic rings. The molecule has 25 heavy (non-hydrogen) atoms. The Morgan fingerprint density at radius 3 is 2.64 bits per heavy atom. The van der Waals surface area contributed by atoms with E-state index in [2.05, 4.69) is 12.2 Å². The number of ether oxygens (including phenoxy) is 2. The van der Waals surface area contributed by atoms with Crippen molar-refractivity contribution in [3.8, 4) is 5.75 Å².